The number of morpholine rings is 1. The summed E-state index contributed by atoms with van der Waals surface area (Å²) < 4.78 is 47.7. The molecule has 3 unspecified atom stereocenters. The highest BCUT2D eigenvalue weighted by atomic mass is 32.2. The van der Waals surface area contributed by atoms with Crippen LogP contribution in [-0.2, 0) is 19.7 Å². The number of nitrogens with two attached hydrogens (primary N) is 1. The summed E-state index contributed by atoms with van der Waals surface area (Å²) in [4.78, 5) is 13.9. The number of rotatable bonds is 5. The van der Waals surface area contributed by atoms with Crippen molar-refractivity contribution in [1.29, 1.82) is 0 Å². The minimum absolute atomic E-state index is 0.155. The molecule has 1 aromatic carbocycles. The zero-order chi connectivity index (χ0) is 20.5. The van der Waals surface area contributed by atoms with Crippen LogP contribution in [0.4, 0.5) is 4.39 Å². The maximum Gasteiger partial charge on any atom is 0.282 e. The Bertz CT molecular complexity index is 786. The lowest BCUT2D eigenvalue weighted by Gasteiger charge is -2.41. The average molecular weight is 415 g/mol. The van der Waals surface area contributed by atoms with Crippen LogP contribution in [0.3, 0.4) is 0 Å². The lowest BCUT2D eigenvalue weighted by atomic mass is 10.0. The van der Waals surface area contributed by atoms with Crippen LogP contribution in [0.5, 0.6) is 0 Å². The molecule has 2 N–H and O–H groups in total. The number of carbonyl (C=O) groups excluding carboxylic acids is 1. The molecule has 28 heavy (non-hydrogen) atoms. The Labute approximate surface area is 165 Å². The Balaban J connectivity index is 1.68. The predicted molar refractivity (Wildman–Crippen MR) is 102 cm³/mol. The van der Waals surface area contributed by atoms with Crippen LogP contribution < -0.4 is 5.73 Å². The fraction of sp³-hybridized carbons (Fsp3) is 0.611. The molecule has 1 aromatic rings. The van der Waals surface area contributed by atoms with Gasteiger partial charge in [-0.2, -0.15) is 17.0 Å². The number of primary amides is 1. The highest BCUT2D eigenvalue weighted by Crippen LogP contribution is 2.25. The van der Waals surface area contributed by atoms with Gasteiger partial charge in [0.05, 0.1) is 12.2 Å². The van der Waals surface area contributed by atoms with Gasteiger partial charge in [-0.25, -0.2) is 4.39 Å². The maximum atomic E-state index is 13.2. The molecule has 8 nitrogen and oxygen atoms in total. The molecule has 10 heteroatoms. The topological polar surface area (TPSA) is 96.2 Å². The van der Waals surface area contributed by atoms with Crippen molar-refractivity contribution in [3.63, 3.8) is 0 Å². The van der Waals surface area contributed by atoms with Crippen molar-refractivity contribution < 1.29 is 22.3 Å². The zero-order valence-corrected chi connectivity index (χ0v) is 16.9. The number of hydrogen-bond acceptors (Lipinski definition) is 5. The molecule has 2 saturated heterocycles. The summed E-state index contributed by atoms with van der Waals surface area (Å²) in [7, 11) is -3.60. The molecule has 2 aliphatic heterocycles. The predicted octanol–water partition coefficient (Wildman–Crippen LogP) is 0.324. The number of piperazine rings is 1. The lowest BCUT2D eigenvalue weighted by molar-refractivity contribution is -0.124. The van der Waals surface area contributed by atoms with E-state index < -0.39 is 28.0 Å². The molecule has 1 amide bonds. The summed E-state index contributed by atoms with van der Waals surface area (Å²) in [6.45, 7) is 5.60. The summed E-state index contributed by atoms with van der Waals surface area (Å²) in [5.41, 5.74) is 6.18. The van der Waals surface area contributed by atoms with Crippen molar-refractivity contribution in [2.45, 2.75) is 32.1 Å². The van der Waals surface area contributed by atoms with Crippen LogP contribution in [0.25, 0.3) is 0 Å². The number of nitrogens with zero attached hydrogens (tertiary/aromatic N) is 3. The Morgan fingerprint density at radius 2 is 1.61 bits per heavy atom. The van der Waals surface area contributed by atoms with Gasteiger partial charge in [0, 0.05) is 39.3 Å². The number of halogens is 1. The van der Waals surface area contributed by atoms with Crippen molar-refractivity contribution in [3.8, 4) is 0 Å². The van der Waals surface area contributed by atoms with E-state index in [0.717, 1.165) is 0 Å². The molecule has 156 valence electrons. The van der Waals surface area contributed by atoms with E-state index in [4.69, 9.17) is 10.5 Å². The summed E-state index contributed by atoms with van der Waals surface area (Å²) >= 11 is 0. The largest absolute Gasteiger partial charge is 0.373 e. The van der Waals surface area contributed by atoms with Crippen LogP contribution in [0.2, 0.25) is 0 Å². The van der Waals surface area contributed by atoms with E-state index in [1.807, 2.05) is 18.7 Å². The third-order valence-electron chi connectivity index (χ3n) is 5.13. The Kier molecular flexibility index (Phi) is 6.35. The Hall–Kier alpha value is -1.59. The minimum atomic E-state index is -3.60. The fourth-order valence-corrected chi connectivity index (χ4v) is 5.62. The number of hydrogen-bond donors (Lipinski definition) is 1. The number of carbonyl (C=O) groups is 1. The highest BCUT2D eigenvalue weighted by molar-refractivity contribution is 7.86. The first kappa shape index (κ1) is 21.1. The van der Waals surface area contributed by atoms with Crippen molar-refractivity contribution in [3.05, 3.63) is 35.6 Å². The van der Waals surface area contributed by atoms with Crippen LogP contribution in [0, 0.1) is 5.82 Å². The van der Waals surface area contributed by atoms with E-state index in [0.29, 0.717) is 31.7 Å². The molecule has 2 aliphatic rings. The third kappa shape index (κ3) is 4.52. The quantitative estimate of drug-likeness (QED) is 0.749. The van der Waals surface area contributed by atoms with Gasteiger partial charge >= 0.3 is 0 Å². The number of ether oxygens (including phenoxy) is 1. The van der Waals surface area contributed by atoms with Gasteiger partial charge in [0.15, 0.2) is 0 Å². The van der Waals surface area contributed by atoms with Gasteiger partial charge in [-0.1, -0.05) is 12.1 Å². The molecule has 2 fully saturated rings. The Morgan fingerprint density at radius 1 is 1.07 bits per heavy atom. The molecular weight excluding hydrogens is 387 g/mol. The van der Waals surface area contributed by atoms with Gasteiger partial charge < -0.3 is 10.5 Å². The summed E-state index contributed by atoms with van der Waals surface area (Å²) in [5.74, 6) is -0.935. The molecule has 0 aromatic heterocycles. The van der Waals surface area contributed by atoms with Crippen LogP contribution in [0.1, 0.15) is 25.5 Å². The van der Waals surface area contributed by atoms with E-state index in [1.165, 1.54) is 32.9 Å². The van der Waals surface area contributed by atoms with Crippen LogP contribution >= 0.6 is 0 Å². The summed E-state index contributed by atoms with van der Waals surface area (Å²) in [6, 6.07) is 4.92. The fourth-order valence-electron chi connectivity index (χ4n) is 3.87. The van der Waals surface area contributed by atoms with Gasteiger partial charge in [-0.05, 0) is 31.5 Å². The normalized spacial score (nSPS) is 26.8. The van der Waals surface area contributed by atoms with Crippen LogP contribution in [0.15, 0.2) is 24.3 Å². The lowest BCUT2D eigenvalue weighted by Crippen LogP contribution is -2.58. The molecule has 0 bridgehead atoms. The van der Waals surface area contributed by atoms with Gasteiger partial charge in [0.25, 0.3) is 10.2 Å². The van der Waals surface area contributed by atoms with Crippen molar-refractivity contribution in [1.82, 2.24) is 13.5 Å². The van der Waals surface area contributed by atoms with Crippen molar-refractivity contribution >= 4 is 16.1 Å². The van der Waals surface area contributed by atoms with Gasteiger partial charge in [-0.15, -0.1) is 0 Å². The maximum absolute atomic E-state index is 13.2. The van der Waals surface area contributed by atoms with E-state index >= 15 is 0 Å². The van der Waals surface area contributed by atoms with E-state index in [2.05, 4.69) is 0 Å². The van der Waals surface area contributed by atoms with Gasteiger partial charge in [0.2, 0.25) is 5.91 Å². The third-order valence-corrected chi connectivity index (χ3v) is 7.10. The second-order valence-electron chi connectivity index (χ2n) is 7.37. The second-order valence-corrected chi connectivity index (χ2v) is 9.30. The summed E-state index contributed by atoms with van der Waals surface area (Å²) in [6.07, 6.45) is -0.310. The molecule has 2 heterocycles. The first-order valence-corrected chi connectivity index (χ1v) is 10.8. The first-order chi connectivity index (χ1) is 13.2. The number of benzene rings is 1. The minimum Gasteiger partial charge on any atom is -0.373 e. The molecule has 3 atom stereocenters. The summed E-state index contributed by atoms with van der Waals surface area (Å²) in [5, 5.41) is 0. The number of amides is 1. The second kappa shape index (κ2) is 8.42. The SMILES string of the molecule is CC1CN(S(=O)(=O)N2CCN(C(C(N)=O)c3ccc(F)cc3)CC2)CC(C)O1. The van der Waals surface area contributed by atoms with Crippen molar-refractivity contribution in [2.75, 3.05) is 39.3 Å². The van der Waals surface area contributed by atoms with Crippen molar-refractivity contribution in [2.24, 2.45) is 5.73 Å². The molecule has 0 saturated carbocycles. The van der Waals surface area contributed by atoms with E-state index in [9.17, 15) is 17.6 Å². The first-order valence-electron chi connectivity index (χ1n) is 9.38. The van der Waals surface area contributed by atoms with Gasteiger partial charge in [0.1, 0.15) is 11.9 Å². The zero-order valence-electron chi connectivity index (χ0n) is 16.1. The molecule has 0 radical (unpaired) electrons. The van der Waals surface area contributed by atoms with E-state index in [-0.39, 0.29) is 25.3 Å². The molecular formula is C18H27FN4O4S. The standard InChI is InChI=1S/C18H27FN4O4S/c1-13-11-23(12-14(2)27-13)28(25,26)22-9-7-21(8-10-22)17(18(20)24)15-3-5-16(19)6-4-15/h3-6,13-14,17H,7-12H2,1-2H3,(H2,20,24). The van der Waals surface area contributed by atoms with Gasteiger partial charge in [-0.3, -0.25) is 9.69 Å². The smallest absolute Gasteiger partial charge is 0.282 e. The molecule has 0 aliphatic carbocycles. The monoisotopic (exact) mass is 414 g/mol. The molecule has 0 spiro atoms. The highest BCUT2D eigenvalue weighted by Gasteiger charge is 2.38. The van der Waals surface area contributed by atoms with Crippen LogP contribution in [-0.4, -0.2) is 79.3 Å². The molecule has 3 rings (SSSR count). The average Bonchev–Trinajstić information content (AvgIpc) is 2.63. The Morgan fingerprint density at radius 3 is 2.11 bits per heavy atom. The van der Waals surface area contributed by atoms with E-state index in [1.54, 1.807) is 0 Å².